The third kappa shape index (κ3) is 5.61. The summed E-state index contributed by atoms with van der Waals surface area (Å²) in [7, 11) is 0. The lowest BCUT2D eigenvalue weighted by atomic mass is 10.0. The van der Waals surface area contributed by atoms with E-state index in [0.29, 0.717) is 11.4 Å². The fraction of sp³-hybridized carbons (Fsp3) is 0.0541. The second-order valence-corrected chi connectivity index (χ2v) is 10.8. The van der Waals surface area contributed by atoms with Gasteiger partial charge in [-0.25, -0.2) is 0 Å². The van der Waals surface area contributed by atoms with E-state index in [2.05, 4.69) is 67.3 Å². The smallest absolute Gasteiger partial charge is 0.270 e. The van der Waals surface area contributed by atoms with E-state index in [1.165, 1.54) is 20.9 Å². The molecule has 5 aromatic carbocycles. The Bertz CT molecular complexity index is 1710. The van der Waals surface area contributed by atoms with Crippen LogP contribution in [-0.4, -0.2) is 16.9 Å². The van der Waals surface area contributed by atoms with Crippen LogP contribution >= 0.6 is 12.2 Å². The van der Waals surface area contributed by atoms with Crippen LogP contribution in [0.1, 0.15) is 16.7 Å². The highest BCUT2D eigenvalue weighted by atomic mass is 32.1. The Labute approximate surface area is 256 Å². The van der Waals surface area contributed by atoms with Crippen molar-refractivity contribution in [3.05, 3.63) is 156 Å². The van der Waals surface area contributed by atoms with Gasteiger partial charge in [0, 0.05) is 17.1 Å². The molecule has 0 saturated carbocycles. The maximum Gasteiger partial charge on any atom is 0.270 e. The van der Waals surface area contributed by atoms with E-state index < -0.39 is 11.8 Å². The summed E-state index contributed by atoms with van der Waals surface area (Å²) < 4.78 is 0. The van der Waals surface area contributed by atoms with E-state index in [1.807, 2.05) is 60.7 Å². The molecule has 0 spiro atoms. The van der Waals surface area contributed by atoms with Crippen molar-refractivity contribution in [1.29, 1.82) is 0 Å². The highest BCUT2D eigenvalue weighted by molar-refractivity contribution is 7.81. The van der Waals surface area contributed by atoms with E-state index in [-0.39, 0.29) is 10.7 Å². The molecule has 0 aromatic heterocycles. The maximum absolute atomic E-state index is 13.8. The molecule has 5 aromatic rings. The fourth-order valence-corrected chi connectivity index (χ4v) is 5.44. The zero-order chi connectivity index (χ0) is 29.9. The number of benzene rings is 5. The van der Waals surface area contributed by atoms with Crippen LogP contribution in [0.25, 0.3) is 6.08 Å². The van der Waals surface area contributed by atoms with E-state index in [9.17, 15) is 9.59 Å². The minimum Gasteiger partial charge on any atom is -0.311 e. The second-order valence-electron chi connectivity index (χ2n) is 10.4. The number of aryl methyl sites for hydroxylation is 2. The molecule has 0 atom stereocenters. The van der Waals surface area contributed by atoms with Crippen molar-refractivity contribution in [1.82, 2.24) is 0 Å². The summed E-state index contributed by atoms with van der Waals surface area (Å²) in [5, 5.41) is 0.117. The van der Waals surface area contributed by atoms with Crippen molar-refractivity contribution in [2.75, 3.05) is 14.7 Å². The van der Waals surface area contributed by atoms with Gasteiger partial charge in [-0.15, -0.1) is 0 Å². The molecule has 1 heterocycles. The Hall–Kier alpha value is -5.33. The molecule has 5 nitrogen and oxygen atoms in total. The van der Waals surface area contributed by atoms with Crippen LogP contribution in [0, 0.1) is 13.8 Å². The summed E-state index contributed by atoms with van der Waals surface area (Å²) in [6.45, 7) is 4.14. The van der Waals surface area contributed by atoms with Crippen LogP contribution in [0.4, 0.5) is 28.4 Å². The summed E-state index contributed by atoms with van der Waals surface area (Å²) >= 11 is 5.72. The van der Waals surface area contributed by atoms with Gasteiger partial charge in [0.2, 0.25) is 0 Å². The number of para-hydroxylation sites is 2. The van der Waals surface area contributed by atoms with Crippen LogP contribution in [0.2, 0.25) is 0 Å². The van der Waals surface area contributed by atoms with E-state index in [0.717, 1.165) is 22.6 Å². The minimum atomic E-state index is -0.460. The molecule has 0 N–H and O–H groups in total. The van der Waals surface area contributed by atoms with Gasteiger partial charge in [-0.2, -0.15) is 0 Å². The Morgan fingerprint density at radius 1 is 0.535 bits per heavy atom. The molecule has 1 fully saturated rings. The first kappa shape index (κ1) is 27.8. The number of carbonyl (C=O) groups excluding carboxylic acids is 2. The van der Waals surface area contributed by atoms with Crippen molar-refractivity contribution in [3.8, 4) is 0 Å². The zero-order valence-electron chi connectivity index (χ0n) is 23.8. The lowest BCUT2D eigenvalue weighted by molar-refractivity contribution is -0.120. The van der Waals surface area contributed by atoms with Gasteiger partial charge in [0.05, 0.1) is 11.4 Å². The molecular weight excluding hydrogens is 550 g/mol. The van der Waals surface area contributed by atoms with Crippen LogP contribution in [0.3, 0.4) is 0 Å². The van der Waals surface area contributed by atoms with Gasteiger partial charge in [-0.05, 0) is 98.4 Å². The minimum absolute atomic E-state index is 0.0305. The summed E-state index contributed by atoms with van der Waals surface area (Å²) in [5.41, 5.74) is 7.33. The normalized spacial score (nSPS) is 13.3. The van der Waals surface area contributed by atoms with Crippen molar-refractivity contribution >= 4 is 63.7 Å². The van der Waals surface area contributed by atoms with E-state index in [1.54, 1.807) is 30.3 Å². The fourth-order valence-electron chi connectivity index (χ4n) is 5.06. The third-order valence-electron chi connectivity index (χ3n) is 7.32. The third-order valence-corrected chi connectivity index (χ3v) is 7.69. The lowest BCUT2D eigenvalue weighted by Gasteiger charge is -2.36. The van der Waals surface area contributed by atoms with E-state index >= 15 is 0 Å². The molecule has 1 aliphatic heterocycles. The molecule has 2 amide bonds. The van der Waals surface area contributed by atoms with Crippen LogP contribution in [0.15, 0.2) is 139 Å². The van der Waals surface area contributed by atoms with Gasteiger partial charge in [-0.1, -0.05) is 83.9 Å². The van der Waals surface area contributed by atoms with Crippen LogP contribution in [-0.2, 0) is 9.59 Å². The first-order valence-electron chi connectivity index (χ1n) is 14.0. The average Bonchev–Trinajstić information content (AvgIpc) is 3.03. The Balaban J connectivity index is 1.40. The Kier molecular flexibility index (Phi) is 7.69. The molecular formula is C37H29N3O2S. The zero-order valence-corrected chi connectivity index (χ0v) is 24.7. The molecule has 1 aliphatic rings. The highest BCUT2D eigenvalue weighted by Gasteiger charge is 2.41. The number of hydrogen-bond donors (Lipinski definition) is 0. The lowest BCUT2D eigenvalue weighted by Crippen LogP contribution is -2.56. The number of rotatable bonds is 6. The van der Waals surface area contributed by atoms with E-state index in [4.69, 9.17) is 12.2 Å². The number of carbonyl (C=O) groups is 2. The predicted molar refractivity (Wildman–Crippen MR) is 179 cm³/mol. The largest absolute Gasteiger partial charge is 0.311 e. The molecule has 43 heavy (non-hydrogen) atoms. The number of thiocarbonyl (C=S) groups is 1. The van der Waals surface area contributed by atoms with Gasteiger partial charge in [0.15, 0.2) is 5.11 Å². The molecule has 0 unspecified atom stereocenters. The Morgan fingerprint density at radius 3 is 1.30 bits per heavy atom. The first-order valence-corrected chi connectivity index (χ1v) is 14.4. The molecule has 0 bridgehead atoms. The summed E-state index contributed by atoms with van der Waals surface area (Å²) in [5.74, 6) is -0.920. The standard InChI is InChI=1S/C37H29N3O2S/c1-26-13-19-31(20-14-26)38(32-21-15-27(2)16-22-32)33-23-17-28(18-24-33)25-34-35(41)39(29-9-5-3-6-10-29)37(43)40(36(34)42)30-11-7-4-8-12-30/h3-25H,1-2H3. The SMILES string of the molecule is Cc1ccc(N(c2ccc(C)cc2)c2ccc(C=C3C(=O)N(c4ccccc4)C(=S)N(c4ccccc4)C3=O)cc2)cc1. The molecule has 0 aliphatic carbocycles. The summed E-state index contributed by atoms with van der Waals surface area (Å²) in [6.07, 6.45) is 1.64. The monoisotopic (exact) mass is 579 g/mol. The number of nitrogens with zero attached hydrogens (tertiary/aromatic N) is 3. The van der Waals surface area contributed by atoms with Gasteiger partial charge < -0.3 is 4.90 Å². The number of hydrogen-bond acceptors (Lipinski definition) is 4. The maximum atomic E-state index is 13.8. The van der Waals surface area contributed by atoms with Gasteiger partial charge >= 0.3 is 0 Å². The quantitative estimate of drug-likeness (QED) is 0.115. The average molecular weight is 580 g/mol. The second kappa shape index (κ2) is 11.9. The topological polar surface area (TPSA) is 43.9 Å². The molecule has 1 saturated heterocycles. The van der Waals surface area contributed by atoms with Crippen molar-refractivity contribution in [2.45, 2.75) is 13.8 Å². The predicted octanol–water partition coefficient (Wildman–Crippen LogP) is 8.52. The van der Waals surface area contributed by atoms with Crippen LogP contribution in [0.5, 0.6) is 0 Å². The summed E-state index contributed by atoms with van der Waals surface area (Å²) in [4.78, 5) is 32.7. The van der Waals surface area contributed by atoms with Gasteiger partial charge in [0.1, 0.15) is 5.57 Å². The number of amides is 2. The summed E-state index contributed by atoms with van der Waals surface area (Å²) in [6, 6.07) is 42.9. The molecule has 0 radical (unpaired) electrons. The molecule has 6 rings (SSSR count). The number of anilines is 5. The van der Waals surface area contributed by atoms with Crippen molar-refractivity contribution < 1.29 is 9.59 Å². The van der Waals surface area contributed by atoms with Crippen molar-refractivity contribution in [3.63, 3.8) is 0 Å². The molecule has 210 valence electrons. The molecule has 6 heteroatoms. The highest BCUT2D eigenvalue weighted by Crippen LogP contribution is 2.35. The van der Waals surface area contributed by atoms with Gasteiger partial charge in [-0.3, -0.25) is 19.4 Å². The first-order chi connectivity index (χ1) is 20.9. The van der Waals surface area contributed by atoms with Gasteiger partial charge in [0.25, 0.3) is 11.8 Å². The van der Waals surface area contributed by atoms with Crippen molar-refractivity contribution in [2.24, 2.45) is 0 Å². The van der Waals surface area contributed by atoms with Crippen LogP contribution < -0.4 is 14.7 Å². The Morgan fingerprint density at radius 2 is 0.907 bits per heavy atom.